The molecule has 1 saturated heterocycles. The fourth-order valence-corrected chi connectivity index (χ4v) is 5.30. The lowest BCUT2D eigenvalue weighted by Gasteiger charge is -2.21. The maximum atomic E-state index is 12.6. The topological polar surface area (TPSA) is 63.6 Å². The number of fused-ring (bicyclic) bond motifs is 1. The van der Waals surface area contributed by atoms with E-state index in [2.05, 4.69) is 0 Å². The van der Waals surface area contributed by atoms with Crippen LogP contribution in [0.3, 0.4) is 0 Å². The van der Waals surface area contributed by atoms with Crippen LogP contribution in [-0.2, 0) is 21.3 Å². The molecule has 3 rings (SSSR count). The van der Waals surface area contributed by atoms with Gasteiger partial charge in [0.05, 0.1) is 5.75 Å². The van der Waals surface area contributed by atoms with Gasteiger partial charge in [-0.15, -0.1) is 11.3 Å². The lowest BCUT2D eigenvalue weighted by atomic mass is 10.1. The molecule has 0 spiro atoms. The van der Waals surface area contributed by atoms with E-state index < -0.39 is 16.8 Å². The van der Waals surface area contributed by atoms with E-state index in [-0.39, 0.29) is 5.25 Å². The summed E-state index contributed by atoms with van der Waals surface area (Å²) in [6.45, 7) is 1.29. The molecule has 2 aromatic rings. The van der Waals surface area contributed by atoms with Crippen LogP contribution in [0.15, 0.2) is 24.3 Å². The summed E-state index contributed by atoms with van der Waals surface area (Å²) in [4.78, 5) is 11.8. The summed E-state index contributed by atoms with van der Waals surface area (Å²) in [5.41, 5.74) is 0.716. The number of carbonyl (C=O) groups is 1. The highest BCUT2D eigenvalue weighted by Gasteiger charge is 2.24. The molecule has 1 aromatic carbocycles. The minimum atomic E-state index is -1.06. The Balaban J connectivity index is 1.93. The molecule has 6 heteroatoms. The summed E-state index contributed by atoms with van der Waals surface area (Å²) in [7, 11) is -1.06. The van der Waals surface area contributed by atoms with Gasteiger partial charge in [0.15, 0.2) is 0 Å². The van der Waals surface area contributed by atoms with Crippen LogP contribution in [0, 0.1) is 0 Å². The Kier molecular flexibility index (Phi) is 4.37. The third-order valence-electron chi connectivity index (χ3n) is 3.72. The van der Waals surface area contributed by atoms with E-state index in [4.69, 9.17) is 4.74 Å². The van der Waals surface area contributed by atoms with Gasteiger partial charge in [-0.05, 0) is 29.9 Å². The van der Waals surface area contributed by atoms with Crippen molar-refractivity contribution >= 4 is 38.2 Å². The first kappa shape index (κ1) is 14.7. The zero-order valence-electron chi connectivity index (χ0n) is 11.4. The smallest absolute Gasteiger partial charge is 0.346 e. The summed E-state index contributed by atoms with van der Waals surface area (Å²) in [5, 5.41) is 10.4. The highest BCUT2D eigenvalue weighted by Crippen LogP contribution is 2.33. The molecular weight excluding hydrogens is 308 g/mol. The average molecular weight is 324 g/mol. The zero-order valence-corrected chi connectivity index (χ0v) is 13.0. The van der Waals surface area contributed by atoms with Crippen LogP contribution in [0.25, 0.3) is 10.1 Å². The van der Waals surface area contributed by atoms with Crippen molar-refractivity contribution in [2.75, 3.05) is 13.2 Å². The van der Waals surface area contributed by atoms with Gasteiger partial charge in [0.1, 0.15) is 4.88 Å². The molecule has 21 heavy (non-hydrogen) atoms. The molecule has 112 valence electrons. The number of aromatic carboxylic acids is 1. The van der Waals surface area contributed by atoms with Crippen molar-refractivity contribution in [1.82, 2.24) is 0 Å². The first-order chi connectivity index (χ1) is 10.2. The van der Waals surface area contributed by atoms with Gasteiger partial charge in [0, 0.05) is 34.0 Å². The summed E-state index contributed by atoms with van der Waals surface area (Å²) in [6.07, 6.45) is 1.58. The Morgan fingerprint density at radius 1 is 1.33 bits per heavy atom. The molecule has 1 atom stereocenters. The Labute approximate surface area is 129 Å². The maximum absolute atomic E-state index is 12.6. The number of hydrogen-bond acceptors (Lipinski definition) is 4. The second-order valence-electron chi connectivity index (χ2n) is 5.05. The minimum absolute atomic E-state index is 0.110. The first-order valence-electron chi connectivity index (χ1n) is 6.85. The monoisotopic (exact) mass is 324 g/mol. The van der Waals surface area contributed by atoms with Gasteiger partial charge in [0.2, 0.25) is 0 Å². The Bertz CT molecular complexity index is 686. The normalized spacial score (nSPS) is 17.9. The number of thiophene rings is 1. The molecule has 1 aromatic heterocycles. The second kappa shape index (κ2) is 6.25. The first-order valence-corrected chi connectivity index (χ1v) is 9.05. The summed E-state index contributed by atoms with van der Waals surface area (Å²) < 4.78 is 18.8. The second-order valence-corrected chi connectivity index (χ2v) is 7.82. The SMILES string of the molecule is O=C(O)c1sc2ccccc2c1CS(=O)C1CCOCC1. The van der Waals surface area contributed by atoms with E-state index in [0.717, 1.165) is 22.9 Å². The fraction of sp³-hybridized carbons (Fsp3) is 0.400. The highest BCUT2D eigenvalue weighted by atomic mass is 32.2. The lowest BCUT2D eigenvalue weighted by molar-refractivity contribution is 0.0701. The van der Waals surface area contributed by atoms with Gasteiger partial charge in [-0.1, -0.05) is 18.2 Å². The van der Waals surface area contributed by atoms with Crippen molar-refractivity contribution in [1.29, 1.82) is 0 Å². The van der Waals surface area contributed by atoms with Crippen molar-refractivity contribution in [2.24, 2.45) is 0 Å². The predicted molar refractivity (Wildman–Crippen MR) is 84.5 cm³/mol. The van der Waals surface area contributed by atoms with Gasteiger partial charge < -0.3 is 9.84 Å². The van der Waals surface area contributed by atoms with Crippen molar-refractivity contribution < 1.29 is 18.8 Å². The fourth-order valence-electron chi connectivity index (χ4n) is 2.61. The van der Waals surface area contributed by atoms with Crippen LogP contribution in [-0.4, -0.2) is 33.7 Å². The van der Waals surface area contributed by atoms with E-state index in [9.17, 15) is 14.1 Å². The van der Waals surface area contributed by atoms with Crippen LogP contribution in [0.2, 0.25) is 0 Å². The number of rotatable bonds is 4. The molecular formula is C15H16O4S2. The molecule has 0 saturated carbocycles. The van der Waals surface area contributed by atoms with Crippen LogP contribution < -0.4 is 0 Å². The van der Waals surface area contributed by atoms with Crippen LogP contribution in [0.4, 0.5) is 0 Å². The van der Waals surface area contributed by atoms with Gasteiger partial charge >= 0.3 is 5.97 Å². The Hall–Kier alpha value is -1.24. The molecule has 1 fully saturated rings. The Morgan fingerprint density at radius 2 is 2.05 bits per heavy atom. The summed E-state index contributed by atoms with van der Waals surface area (Å²) in [5.74, 6) is -0.619. The third-order valence-corrected chi connectivity index (χ3v) is 6.71. The summed E-state index contributed by atoms with van der Waals surface area (Å²) >= 11 is 1.26. The molecule has 1 aliphatic rings. The number of ether oxygens (including phenoxy) is 1. The minimum Gasteiger partial charge on any atom is -0.477 e. The molecule has 1 unspecified atom stereocenters. The zero-order chi connectivity index (χ0) is 14.8. The van der Waals surface area contributed by atoms with Crippen molar-refractivity contribution in [3.05, 3.63) is 34.7 Å². The predicted octanol–water partition coefficient (Wildman–Crippen LogP) is 3.03. The molecule has 0 bridgehead atoms. The third kappa shape index (κ3) is 3.02. The van der Waals surface area contributed by atoms with Crippen LogP contribution >= 0.6 is 11.3 Å². The van der Waals surface area contributed by atoms with Crippen LogP contribution in [0.1, 0.15) is 28.1 Å². The lowest BCUT2D eigenvalue weighted by Crippen LogP contribution is -2.25. The maximum Gasteiger partial charge on any atom is 0.346 e. The van der Waals surface area contributed by atoms with Gasteiger partial charge in [-0.2, -0.15) is 0 Å². The van der Waals surface area contributed by atoms with E-state index in [1.165, 1.54) is 11.3 Å². The summed E-state index contributed by atoms with van der Waals surface area (Å²) in [6, 6.07) is 7.60. The van der Waals surface area contributed by atoms with Crippen molar-refractivity contribution in [3.63, 3.8) is 0 Å². The molecule has 0 radical (unpaired) electrons. The Morgan fingerprint density at radius 3 is 2.76 bits per heavy atom. The van der Waals surface area contributed by atoms with Gasteiger partial charge in [0.25, 0.3) is 0 Å². The van der Waals surface area contributed by atoms with E-state index >= 15 is 0 Å². The standard InChI is InChI=1S/C15H16O4S2/c16-15(17)14-12(11-3-1-2-4-13(11)20-14)9-21(18)10-5-7-19-8-6-10/h1-4,10H,5-9H2,(H,16,17). The number of hydrogen-bond donors (Lipinski definition) is 1. The van der Waals surface area contributed by atoms with E-state index in [0.29, 0.717) is 29.4 Å². The van der Waals surface area contributed by atoms with Crippen molar-refractivity contribution in [3.8, 4) is 0 Å². The van der Waals surface area contributed by atoms with Crippen molar-refractivity contribution in [2.45, 2.75) is 23.8 Å². The molecule has 1 N–H and O–H groups in total. The molecule has 4 nitrogen and oxygen atoms in total. The highest BCUT2D eigenvalue weighted by molar-refractivity contribution is 7.84. The van der Waals surface area contributed by atoms with Gasteiger partial charge in [-0.25, -0.2) is 4.79 Å². The molecule has 1 aliphatic heterocycles. The number of carboxylic acids is 1. The number of benzene rings is 1. The quantitative estimate of drug-likeness (QED) is 0.939. The number of carboxylic acid groups (broad SMARTS) is 1. The van der Waals surface area contributed by atoms with E-state index in [1.807, 2.05) is 24.3 Å². The van der Waals surface area contributed by atoms with Crippen LogP contribution in [0.5, 0.6) is 0 Å². The average Bonchev–Trinajstić information content (AvgIpc) is 2.87. The largest absolute Gasteiger partial charge is 0.477 e. The van der Waals surface area contributed by atoms with Gasteiger partial charge in [-0.3, -0.25) is 4.21 Å². The molecule has 0 aliphatic carbocycles. The molecule has 0 amide bonds. The van der Waals surface area contributed by atoms with E-state index in [1.54, 1.807) is 0 Å². The molecule has 2 heterocycles.